The molecule has 0 radical (unpaired) electrons. The van der Waals surface area contributed by atoms with Gasteiger partial charge in [0.15, 0.2) is 6.61 Å². The molecule has 0 unspecified atom stereocenters. The summed E-state index contributed by atoms with van der Waals surface area (Å²) in [7, 11) is -3.70. The lowest BCUT2D eigenvalue weighted by atomic mass is 10.2. The molecule has 0 atom stereocenters. The van der Waals surface area contributed by atoms with Gasteiger partial charge in [0.2, 0.25) is 10.0 Å². The number of para-hydroxylation sites is 1. The van der Waals surface area contributed by atoms with E-state index in [-0.39, 0.29) is 35.0 Å². The molecule has 1 amide bonds. The summed E-state index contributed by atoms with van der Waals surface area (Å²) in [6.07, 6.45) is 1.14. The van der Waals surface area contributed by atoms with Gasteiger partial charge in [0.25, 0.3) is 5.91 Å². The van der Waals surface area contributed by atoms with Gasteiger partial charge in [0.1, 0.15) is 5.75 Å². The van der Waals surface area contributed by atoms with Gasteiger partial charge in [-0.3, -0.25) is 4.79 Å². The molecule has 1 N–H and O–H groups in total. The van der Waals surface area contributed by atoms with Gasteiger partial charge in [-0.25, -0.2) is 8.42 Å². The molecule has 0 aliphatic carbocycles. The zero-order valence-corrected chi connectivity index (χ0v) is 17.6. The van der Waals surface area contributed by atoms with Crippen LogP contribution in [0.5, 0.6) is 5.75 Å². The zero-order chi connectivity index (χ0) is 23.0. The Bertz CT molecular complexity index is 1060. The third-order valence-corrected chi connectivity index (χ3v) is 6.22. The minimum Gasteiger partial charge on any atom is -0.434 e. The number of sulfonamides is 1. The number of nitrogens with zero attached hydrogens (tertiary/aromatic N) is 2. The van der Waals surface area contributed by atoms with Crippen LogP contribution in [0.4, 0.5) is 14.5 Å². The molecule has 9 nitrogen and oxygen atoms in total. The van der Waals surface area contributed by atoms with Gasteiger partial charge in [-0.05, 0) is 30.3 Å². The Morgan fingerprint density at radius 2 is 1.94 bits per heavy atom. The summed E-state index contributed by atoms with van der Waals surface area (Å²) in [6.45, 7) is -2.29. The monoisotopic (exact) mass is 469 g/mol. The highest BCUT2D eigenvalue weighted by Crippen LogP contribution is 2.21. The predicted octanol–water partition coefficient (Wildman–Crippen LogP) is 2.30. The molecular formula is C20H21F2N3O6S. The number of benzene rings is 2. The number of rotatable bonds is 9. The van der Waals surface area contributed by atoms with Crippen molar-refractivity contribution in [2.75, 3.05) is 38.2 Å². The number of alkyl halides is 2. The Labute approximate surface area is 183 Å². The van der Waals surface area contributed by atoms with E-state index < -0.39 is 29.1 Å². The van der Waals surface area contributed by atoms with Crippen molar-refractivity contribution in [3.05, 3.63) is 54.1 Å². The van der Waals surface area contributed by atoms with Gasteiger partial charge in [-0.2, -0.15) is 13.1 Å². The Kier molecular flexibility index (Phi) is 8.09. The smallest absolute Gasteiger partial charge is 0.387 e. The largest absolute Gasteiger partial charge is 0.434 e. The highest BCUT2D eigenvalue weighted by molar-refractivity contribution is 7.89. The fourth-order valence-electron chi connectivity index (χ4n) is 2.85. The van der Waals surface area contributed by atoms with Crippen molar-refractivity contribution >= 4 is 27.8 Å². The fraction of sp³-hybridized carbons (Fsp3) is 0.300. The Morgan fingerprint density at radius 3 is 2.69 bits per heavy atom. The maximum absolute atomic E-state index is 12.7. The molecule has 2 aromatic carbocycles. The standard InChI is InChI=1S/C20H21F2N3O6S/c21-20(22)31-18-7-2-1-4-15(18)13-23-30-14-19(26)24-16-5-3-6-17(12-16)32(27,28)25-8-10-29-11-9-25/h1-7,12-13,20H,8-11,14H2,(H,24,26)/b23-13+. The van der Waals surface area contributed by atoms with E-state index in [9.17, 15) is 22.0 Å². The molecule has 2 aromatic rings. The zero-order valence-electron chi connectivity index (χ0n) is 16.8. The molecule has 0 aromatic heterocycles. The van der Waals surface area contributed by atoms with Gasteiger partial charge < -0.3 is 19.6 Å². The van der Waals surface area contributed by atoms with Crippen molar-refractivity contribution < 1.29 is 36.3 Å². The van der Waals surface area contributed by atoms with Crippen LogP contribution in [0.1, 0.15) is 5.56 Å². The minimum atomic E-state index is -3.70. The van der Waals surface area contributed by atoms with Crippen LogP contribution in [0.3, 0.4) is 0 Å². The van der Waals surface area contributed by atoms with E-state index in [0.29, 0.717) is 13.2 Å². The Morgan fingerprint density at radius 1 is 1.19 bits per heavy atom. The van der Waals surface area contributed by atoms with E-state index in [1.54, 1.807) is 6.07 Å². The quantitative estimate of drug-likeness (QED) is 0.446. The average Bonchev–Trinajstić information content (AvgIpc) is 2.78. The van der Waals surface area contributed by atoms with Gasteiger partial charge in [0, 0.05) is 24.3 Å². The van der Waals surface area contributed by atoms with Crippen molar-refractivity contribution in [2.45, 2.75) is 11.5 Å². The topological polar surface area (TPSA) is 107 Å². The first-order valence-corrected chi connectivity index (χ1v) is 11.0. The molecule has 1 heterocycles. The van der Waals surface area contributed by atoms with Crippen molar-refractivity contribution in [3.8, 4) is 5.75 Å². The average molecular weight is 469 g/mol. The first kappa shape index (κ1) is 23.6. The molecule has 12 heteroatoms. The number of nitrogens with one attached hydrogen (secondary N) is 1. The molecule has 32 heavy (non-hydrogen) atoms. The molecule has 1 fully saturated rings. The number of carbonyl (C=O) groups excluding carboxylic acids is 1. The summed E-state index contributed by atoms with van der Waals surface area (Å²) in [5.74, 6) is -0.669. The molecule has 3 rings (SSSR count). The lowest BCUT2D eigenvalue weighted by Gasteiger charge is -2.26. The molecule has 172 valence electrons. The van der Waals surface area contributed by atoms with Crippen molar-refractivity contribution in [1.82, 2.24) is 4.31 Å². The third-order valence-electron chi connectivity index (χ3n) is 4.32. The van der Waals surface area contributed by atoms with Crippen LogP contribution in [-0.4, -0.2) is 64.4 Å². The molecule has 1 aliphatic heterocycles. The van der Waals surface area contributed by atoms with E-state index in [4.69, 9.17) is 9.57 Å². The van der Waals surface area contributed by atoms with E-state index in [2.05, 4.69) is 15.2 Å². The van der Waals surface area contributed by atoms with Crippen LogP contribution in [0.15, 0.2) is 58.6 Å². The lowest BCUT2D eigenvalue weighted by Crippen LogP contribution is -2.40. The van der Waals surface area contributed by atoms with E-state index in [1.165, 1.54) is 46.8 Å². The minimum absolute atomic E-state index is 0.0479. The normalized spacial score (nSPS) is 15.1. The van der Waals surface area contributed by atoms with E-state index in [0.717, 1.165) is 6.21 Å². The molecule has 0 saturated carbocycles. The van der Waals surface area contributed by atoms with Crippen molar-refractivity contribution in [1.29, 1.82) is 0 Å². The number of halogens is 2. The van der Waals surface area contributed by atoms with Crippen LogP contribution in [0, 0.1) is 0 Å². The number of hydrogen-bond donors (Lipinski definition) is 1. The summed E-state index contributed by atoms with van der Waals surface area (Å²) in [5, 5.41) is 6.11. The number of oxime groups is 1. The maximum atomic E-state index is 12.7. The molecule has 0 bridgehead atoms. The molecule has 0 spiro atoms. The van der Waals surface area contributed by atoms with Gasteiger partial charge in [0.05, 0.1) is 24.3 Å². The summed E-state index contributed by atoms with van der Waals surface area (Å²) in [6, 6.07) is 11.8. The number of hydrogen-bond acceptors (Lipinski definition) is 7. The summed E-state index contributed by atoms with van der Waals surface area (Å²) < 4.78 is 61.1. The van der Waals surface area contributed by atoms with Gasteiger partial charge in [-0.1, -0.05) is 23.4 Å². The molecule has 1 aliphatic rings. The molecular weight excluding hydrogens is 448 g/mol. The Hall–Kier alpha value is -3.09. The second kappa shape index (κ2) is 11.0. The van der Waals surface area contributed by atoms with Crippen molar-refractivity contribution in [2.24, 2.45) is 5.16 Å². The SMILES string of the molecule is O=C(CO/N=C/c1ccccc1OC(F)F)Nc1cccc(S(=O)(=O)N2CCOCC2)c1. The van der Waals surface area contributed by atoms with Crippen LogP contribution >= 0.6 is 0 Å². The lowest BCUT2D eigenvalue weighted by molar-refractivity contribution is -0.120. The van der Waals surface area contributed by atoms with Crippen LogP contribution < -0.4 is 10.1 Å². The van der Waals surface area contributed by atoms with Crippen molar-refractivity contribution in [3.63, 3.8) is 0 Å². The number of anilines is 1. The Balaban J connectivity index is 1.56. The summed E-state index contributed by atoms with van der Waals surface area (Å²) in [5.41, 5.74) is 0.516. The van der Waals surface area contributed by atoms with Gasteiger partial charge in [-0.15, -0.1) is 0 Å². The van der Waals surface area contributed by atoms with Crippen LogP contribution in [0.2, 0.25) is 0 Å². The molecule has 1 saturated heterocycles. The highest BCUT2D eigenvalue weighted by atomic mass is 32.2. The fourth-order valence-corrected chi connectivity index (χ4v) is 4.30. The second-order valence-corrected chi connectivity index (χ2v) is 8.45. The summed E-state index contributed by atoms with van der Waals surface area (Å²) >= 11 is 0. The second-order valence-electron chi connectivity index (χ2n) is 6.52. The van der Waals surface area contributed by atoms with E-state index in [1.807, 2.05) is 0 Å². The summed E-state index contributed by atoms with van der Waals surface area (Å²) in [4.78, 5) is 17.0. The maximum Gasteiger partial charge on any atom is 0.387 e. The number of morpholine rings is 1. The first-order chi connectivity index (χ1) is 15.4. The number of carbonyl (C=O) groups is 1. The number of ether oxygens (including phenoxy) is 2. The highest BCUT2D eigenvalue weighted by Gasteiger charge is 2.26. The van der Waals surface area contributed by atoms with Gasteiger partial charge >= 0.3 is 6.61 Å². The third kappa shape index (κ3) is 6.45. The first-order valence-electron chi connectivity index (χ1n) is 9.53. The van der Waals surface area contributed by atoms with Crippen LogP contribution in [0.25, 0.3) is 0 Å². The number of amides is 1. The predicted molar refractivity (Wildman–Crippen MR) is 111 cm³/mol. The van der Waals surface area contributed by atoms with Crippen LogP contribution in [-0.2, 0) is 24.4 Å². The van der Waals surface area contributed by atoms with E-state index >= 15 is 0 Å².